The van der Waals surface area contributed by atoms with Crippen LogP contribution < -0.4 is 4.31 Å². The number of nitrogens with zero attached hydrogens (tertiary/aromatic N) is 2. The van der Waals surface area contributed by atoms with Gasteiger partial charge in [0, 0.05) is 12.3 Å². The predicted octanol–water partition coefficient (Wildman–Crippen LogP) is 2.35. The summed E-state index contributed by atoms with van der Waals surface area (Å²) < 4.78 is 28.3. The lowest BCUT2D eigenvalue weighted by Gasteiger charge is -2.59. The lowest BCUT2D eigenvalue weighted by Crippen LogP contribution is -2.70. The number of aliphatic hydroxyl groups is 1. The molecule has 29 heavy (non-hydrogen) atoms. The van der Waals surface area contributed by atoms with Gasteiger partial charge >= 0.3 is 0 Å². The Balaban J connectivity index is 1.54. The third-order valence-electron chi connectivity index (χ3n) is 6.43. The van der Waals surface area contributed by atoms with Crippen LogP contribution in [0.1, 0.15) is 30.7 Å². The zero-order valence-electron chi connectivity index (χ0n) is 16.0. The molecule has 152 valence electrons. The van der Waals surface area contributed by atoms with Crippen molar-refractivity contribution in [1.82, 2.24) is 4.90 Å². The second kappa shape index (κ2) is 6.85. The lowest BCUT2D eigenvalue weighted by atomic mass is 9.72. The minimum Gasteiger partial charge on any atom is -0.394 e. The van der Waals surface area contributed by atoms with Crippen LogP contribution in [-0.4, -0.2) is 49.6 Å². The Morgan fingerprint density at radius 3 is 2.41 bits per heavy atom. The standard InChI is InChI=1S/C22H24N2O4S/c25-14-20-22-17-8-4-5-9-18(17)23(29(27,28)16-6-2-1-3-7-16)13-19(22)24(20)21(26)12-15-10-11-15/h1-9,15,19-20,22,25H,10-14H2/t19-,20+,22+/m1/s1. The van der Waals surface area contributed by atoms with E-state index in [0.717, 1.165) is 18.4 Å². The van der Waals surface area contributed by atoms with Crippen LogP contribution in [0.5, 0.6) is 0 Å². The summed E-state index contributed by atoms with van der Waals surface area (Å²) in [5.41, 5.74) is 1.53. The highest BCUT2D eigenvalue weighted by atomic mass is 32.2. The van der Waals surface area contributed by atoms with E-state index in [1.165, 1.54) is 4.31 Å². The van der Waals surface area contributed by atoms with Crippen molar-refractivity contribution in [2.75, 3.05) is 17.5 Å². The molecule has 2 fully saturated rings. The average Bonchev–Trinajstić information content (AvgIpc) is 3.52. The van der Waals surface area contributed by atoms with Crippen molar-refractivity contribution in [3.05, 3.63) is 60.2 Å². The van der Waals surface area contributed by atoms with Gasteiger partial charge < -0.3 is 10.0 Å². The Kier molecular flexibility index (Phi) is 4.40. The normalized spacial score (nSPS) is 25.8. The van der Waals surface area contributed by atoms with Gasteiger partial charge in [-0.25, -0.2) is 8.42 Å². The summed E-state index contributed by atoms with van der Waals surface area (Å²) in [6.07, 6.45) is 2.65. The van der Waals surface area contributed by atoms with Crippen molar-refractivity contribution in [3.8, 4) is 0 Å². The molecule has 7 heteroatoms. The molecule has 2 aromatic carbocycles. The first-order valence-corrected chi connectivity index (χ1v) is 11.5. The highest BCUT2D eigenvalue weighted by Crippen LogP contribution is 2.50. The summed E-state index contributed by atoms with van der Waals surface area (Å²) in [6, 6.07) is 15.3. The number of sulfonamides is 1. The molecule has 2 aromatic rings. The summed E-state index contributed by atoms with van der Waals surface area (Å²) in [5, 5.41) is 10.00. The van der Waals surface area contributed by atoms with Gasteiger partial charge in [-0.15, -0.1) is 0 Å². The van der Waals surface area contributed by atoms with Crippen LogP contribution in [0.25, 0.3) is 0 Å². The number of carbonyl (C=O) groups is 1. The highest BCUT2D eigenvalue weighted by Gasteiger charge is 2.56. The summed E-state index contributed by atoms with van der Waals surface area (Å²) in [4.78, 5) is 14.9. The molecule has 0 unspecified atom stereocenters. The maximum Gasteiger partial charge on any atom is 0.264 e. The van der Waals surface area contributed by atoms with E-state index in [9.17, 15) is 18.3 Å². The van der Waals surface area contributed by atoms with Crippen molar-refractivity contribution < 1.29 is 18.3 Å². The fraction of sp³-hybridized carbons (Fsp3) is 0.409. The maximum absolute atomic E-state index is 13.4. The molecular weight excluding hydrogens is 388 g/mol. The first-order valence-electron chi connectivity index (χ1n) is 10.1. The fourth-order valence-electron chi connectivity index (χ4n) is 4.82. The van der Waals surface area contributed by atoms with E-state index < -0.39 is 10.0 Å². The topological polar surface area (TPSA) is 77.9 Å². The van der Waals surface area contributed by atoms with E-state index >= 15 is 0 Å². The van der Waals surface area contributed by atoms with Crippen molar-refractivity contribution in [1.29, 1.82) is 0 Å². The van der Waals surface area contributed by atoms with Crippen molar-refractivity contribution in [2.45, 2.75) is 42.2 Å². The van der Waals surface area contributed by atoms with E-state index in [4.69, 9.17) is 0 Å². The smallest absolute Gasteiger partial charge is 0.264 e. The molecule has 0 aromatic heterocycles. The molecular formula is C22H24N2O4S. The minimum atomic E-state index is -3.75. The zero-order valence-corrected chi connectivity index (χ0v) is 16.8. The van der Waals surface area contributed by atoms with Gasteiger partial charge in [-0.1, -0.05) is 36.4 Å². The molecule has 6 nitrogen and oxygen atoms in total. The third-order valence-corrected chi connectivity index (χ3v) is 8.22. The molecule has 0 radical (unpaired) electrons. The van der Waals surface area contributed by atoms with Gasteiger partial charge in [0.2, 0.25) is 5.91 Å². The number of fused-ring (bicyclic) bond motifs is 3. The number of hydrogen-bond acceptors (Lipinski definition) is 4. The fourth-order valence-corrected chi connectivity index (χ4v) is 6.35. The Labute approximate surface area is 170 Å². The lowest BCUT2D eigenvalue weighted by molar-refractivity contribution is -0.150. The maximum atomic E-state index is 13.4. The molecule has 0 bridgehead atoms. The molecule has 1 saturated heterocycles. The minimum absolute atomic E-state index is 0.0317. The number of amides is 1. The SMILES string of the molecule is O=C(CC1CC1)N1[C@@H]2CN(S(=O)(=O)c3ccccc3)c3ccccc3[C@@H]2[C@@H]1CO. The number of carbonyl (C=O) groups excluding carboxylic acids is 1. The summed E-state index contributed by atoms with van der Waals surface area (Å²) >= 11 is 0. The van der Waals surface area contributed by atoms with Crippen molar-refractivity contribution >= 4 is 21.6 Å². The molecule has 2 aliphatic heterocycles. The van der Waals surface area contributed by atoms with E-state index in [-0.39, 0.29) is 42.0 Å². The second-order valence-electron chi connectivity index (χ2n) is 8.20. The molecule has 1 aliphatic carbocycles. The Morgan fingerprint density at radius 2 is 1.72 bits per heavy atom. The largest absolute Gasteiger partial charge is 0.394 e. The van der Waals surface area contributed by atoms with Crippen LogP contribution >= 0.6 is 0 Å². The summed E-state index contributed by atoms with van der Waals surface area (Å²) in [7, 11) is -3.75. The number of anilines is 1. The van der Waals surface area contributed by atoms with E-state index in [2.05, 4.69) is 0 Å². The summed E-state index contributed by atoms with van der Waals surface area (Å²) in [6.45, 7) is 0.100. The predicted molar refractivity (Wildman–Crippen MR) is 109 cm³/mol. The molecule has 0 spiro atoms. The third kappa shape index (κ3) is 2.95. The number of benzene rings is 2. The number of likely N-dealkylation sites (tertiary alicyclic amines) is 1. The number of aliphatic hydroxyl groups excluding tert-OH is 1. The van der Waals surface area contributed by atoms with Gasteiger partial charge in [-0.05, 0) is 42.5 Å². The average molecular weight is 413 g/mol. The van der Waals surface area contributed by atoms with Gasteiger partial charge in [-0.3, -0.25) is 9.10 Å². The van der Waals surface area contributed by atoms with Gasteiger partial charge in [-0.2, -0.15) is 0 Å². The highest BCUT2D eigenvalue weighted by molar-refractivity contribution is 7.92. The van der Waals surface area contributed by atoms with Crippen LogP contribution in [0.15, 0.2) is 59.5 Å². The monoisotopic (exact) mass is 412 g/mol. The Hall–Kier alpha value is -2.38. The zero-order chi connectivity index (χ0) is 20.2. The first-order chi connectivity index (χ1) is 14.0. The Morgan fingerprint density at radius 1 is 1.03 bits per heavy atom. The van der Waals surface area contributed by atoms with Gasteiger partial charge in [0.15, 0.2) is 0 Å². The Bertz CT molecular complexity index is 1040. The molecule has 3 atom stereocenters. The van der Waals surface area contributed by atoms with Crippen LogP contribution in [0.2, 0.25) is 0 Å². The van der Waals surface area contributed by atoms with Gasteiger partial charge in [0.25, 0.3) is 10.0 Å². The quantitative estimate of drug-likeness (QED) is 0.818. The first kappa shape index (κ1) is 18.6. The summed E-state index contributed by atoms with van der Waals surface area (Å²) in [5.74, 6) is 0.437. The van der Waals surface area contributed by atoms with Crippen LogP contribution in [0.3, 0.4) is 0 Å². The van der Waals surface area contributed by atoms with E-state index in [0.29, 0.717) is 18.0 Å². The number of para-hydroxylation sites is 1. The molecule has 2 heterocycles. The molecule has 1 N–H and O–H groups in total. The van der Waals surface area contributed by atoms with Crippen LogP contribution in [0.4, 0.5) is 5.69 Å². The van der Waals surface area contributed by atoms with E-state index in [1.807, 2.05) is 24.3 Å². The van der Waals surface area contributed by atoms with Crippen molar-refractivity contribution in [2.24, 2.45) is 5.92 Å². The molecule has 1 amide bonds. The van der Waals surface area contributed by atoms with Crippen LogP contribution in [0, 0.1) is 5.92 Å². The van der Waals surface area contributed by atoms with Gasteiger partial charge in [0.05, 0.1) is 35.8 Å². The second-order valence-corrected chi connectivity index (χ2v) is 10.1. The van der Waals surface area contributed by atoms with E-state index in [1.54, 1.807) is 35.2 Å². The van der Waals surface area contributed by atoms with Crippen molar-refractivity contribution in [3.63, 3.8) is 0 Å². The van der Waals surface area contributed by atoms with Crippen LogP contribution in [-0.2, 0) is 14.8 Å². The van der Waals surface area contributed by atoms with Gasteiger partial charge in [0.1, 0.15) is 0 Å². The number of rotatable bonds is 5. The molecule has 5 rings (SSSR count). The number of hydrogen-bond donors (Lipinski definition) is 1. The molecule has 1 saturated carbocycles. The molecule has 3 aliphatic rings.